The molecule has 0 radical (unpaired) electrons. The molecule has 1 aliphatic carbocycles. The van der Waals surface area contributed by atoms with E-state index >= 15 is 0 Å². The number of nitrogen functional groups attached to an aromatic ring is 1. The van der Waals surface area contributed by atoms with Gasteiger partial charge in [0.15, 0.2) is 6.61 Å². The SMILES string of the molecule is CCCCCOC(=O)COc1cc(N2C(=O)C3=C(CCCC3)C2=O)c(F)cc1Cl.Cc1ncc(CO)c(N)n1. The van der Waals surface area contributed by atoms with Crippen molar-refractivity contribution in [2.45, 2.75) is 65.4 Å². The first-order valence-corrected chi connectivity index (χ1v) is 13.1. The molecule has 12 heteroatoms. The summed E-state index contributed by atoms with van der Waals surface area (Å²) in [7, 11) is 0. The molecule has 39 heavy (non-hydrogen) atoms. The Balaban J connectivity index is 0.000000353. The van der Waals surface area contributed by atoms with Crippen LogP contribution in [0.4, 0.5) is 15.9 Å². The largest absolute Gasteiger partial charge is 0.480 e. The highest BCUT2D eigenvalue weighted by Gasteiger charge is 2.41. The molecule has 0 bridgehead atoms. The number of halogens is 2. The summed E-state index contributed by atoms with van der Waals surface area (Å²) in [4.78, 5) is 45.7. The number of aromatic nitrogens is 2. The Bertz CT molecular complexity index is 1240. The van der Waals surface area contributed by atoms with Crippen molar-refractivity contribution in [1.29, 1.82) is 0 Å². The van der Waals surface area contributed by atoms with Gasteiger partial charge in [-0.2, -0.15) is 0 Å². The fourth-order valence-electron chi connectivity index (χ4n) is 4.11. The van der Waals surface area contributed by atoms with E-state index in [0.717, 1.165) is 43.1 Å². The topological polar surface area (TPSA) is 145 Å². The van der Waals surface area contributed by atoms with Crippen molar-refractivity contribution < 1.29 is 33.4 Å². The molecule has 10 nitrogen and oxygen atoms in total. The lowest BCUT2D eigenvalue weighted by molar-refractivity contribution is -0.146. The molecular formula is C27H32ClFN4O6. The zero-order chi connectivity index (χ0) is 28.5. The Morgan fingerprint density at radius 2 is 1.85 bits per heavy atom. The molecule has 1 aliphatic heterocycles. The van der Waals surface area contributed by atoms with Gasteiger partial charge in [-0.15, -0.1) is 0 Å². The van der Waals surface area contributed by atoms with Crippen molar-refractivity contribution in [3.05, 3.63) is 51.7 Å². The van der Waals surface area contributed by atoms with E-state index in [4.69, 9.17) is 31.9 Å². The lowest BCUT2D eigenvalue weighted by Gasteiger charge is -2.18. The van der Waals surface area contributed by atoms with E-state index in [2.05, 4.69) is 9.97 Å². The van der Waals surface area contributed by atoms with E-state index in [1.54, 1.807) is 6.92 Å². The normalized spacial score (nSPS) is 14.6. The summed E-state index contributed by atoms with van der Waals surface area (Å²) < 4.78 is 25.0. The van der Waals surface area contributed by atoms with Crippen molar-refractivity contribution in [3.8, 4) is 5.75 Å². The fraction of sp³-hybridized carbons (Fsp3) is 0.444. The molecule has 0 spiro atoms. The summed E-state index contributed by atoms with van der Waals surface area (Å²) in [6, 6.07) is 2.15. The van der Waals surface area contributed by atoms with Crippen molar-refractivity contribution in [2.75, 3.05) is 23.8 Å². The van der Waals surface area contributed by atoms with Gasteiger partial charge in [-0.05, 0) is 45.1 Å². The standard InChI is InChI=1S/C21H23ClFNO5.C6H9N3O/c1-2-3-6-9-28-19(25)12-29-18-11-17(16(23)10-15(18)22)24-20(26)13-7-4-5-8-14(13)21(24)27;1-4-8-2-5(3-10)6(7)9-4/h10-11H,2-9,12H2,1H3;2,10H,3H2,1H3,(H2,7,8,9). The molecule has 2 amide bonds. The minimum atomic E-state index is -0.814. The maximum atomic E-state index is 14.5. The Hall–Kier alpha value is -3.57. The number of unbranched alkanes of at least 4 members (excludes halogenated alkanes) is 2. The number of aryl methyl sites for hydroxylation is 1. The Labute approximate surface area is 231 Å². The number of nitrogens with zero attached hydrogens (tertiary/aromatic N) is 3. The second-order valence-electron chi connectivity index (χ2n) is 9.05. The first-order chi connectivity index (χ1) is 18.7. The molecule has 2 aliphatic rings. The summed E-state index contributed by atoms with van der Waals surface area (Å²) in [6.45, 7) is 3.57. The van der Waals surface area contributed by atoms with Crippen molar-refractivity contribution >= 4 is 40.9 Å². The monoisotopic (exact) mass is 562 g/mol. The van der Waals surface area contributed by atoms with Crippen LogP contribution in [0.1, 0.15) is 63.3 Å². The number of anilines is 2. The number of rotatable bonds is 9. The number of ether oxygens (including phenoxy) is 2. The summed E-state index contributed by atoms with van der Waals surface area (Å²) in [5.41, 5.74) is 6.67. The number of hydrogen-bond acceptors (Lipinski definition) is 9. The van der Waals surface area contributed by atoms with Gasteiger partial charge in [0, 0.05) is 29.0 Å². The minimum absolute atomic E-state index is 0.000883. The van der Waals surface area contributed by atoms with Gasteiger partial charge >= 0.3 is 5.97 Å². The van der Waals surface area contributed by atoms with Crippen LogP contribution in [-0.2, 0) is 25.7 Å². The third-order valence-corrected chi connectivity index (χ3v) is 6.47. The summed E-state index contributed by atoms with van der Waals surface area (Å²) in [6.07, 6.45) is 6.92. The maximum Gasteiger partial charge on any atom is 0.344 e. The number of carbonyl (C=O) groups excluding carboxylic acids is 3. The number of aliphatic hydroxyl groups is 1. The molecule has 0 saturated heterocycles. The van der Waals surface area contributed by atoms with Crippen LogP contribution in [0.5, 0.6) is 5.75 Å². The van der Waals surface area contributed by atoms with Gasteiger partial charge in [0.05, 0.1) is 23.9 Å². The molecule has 0 unspecified atom stereocenters. The first kappa shape index (κ1) is 30.0. The van der Waals surface area contributed by atoms with Gasteiger partial charge in [-0.25, -0.2) is 24.1 Å². The number of carbonyl (C=O) groups is 3. The number of imide groups is 1. The van der Waals surface area contributed by atoms with Crippen LogP contribution < -0.4 is 15.4 Å². The molecule has 3 N–H and O–H groups in total. The second-order valence-corrected chi connectivity index (χ2v) is 9.45. The summed E-state index contributed by atoms with van der Waals surface area (Å²) in [5, 5.41) is 8.58. The molecule has 2 heterocycles. The summed E-state index contributed by atoms with van der Waals surface area (Å²) >= 11 is 6.02. The average molecular weight is 563 g/mol. The quantitative estimate of drug-likeness (QED) is 0.261. The van der Waals surface area contributed by atoms with Gasteiger partial charge in [0.1, 0.15) is 23.2 Å². The van der Waals surface area contributed by atoms with E-state index in [-0.39, 0.29) is 23.1 Å². The zero-order valence-corrected chi connectivity index (χ0v) is 22.7. The second kappa shape index (κ2) is 14.0. The molecule has 2 aromatic rings. The molecule has 1 aromatic heterocycles. The molecule has 210 valence electrons. The Kier molecular flexibility index (Phi) is 10.8. The molecule has 1 aromatic carbocycles. The number of hydrogen-bond donors (Lipinski definition) is 2. The van der Waals surface area contributed by atoms with E-state index in [1.807, 2.05) is 6.92 Å². The van der Waals surface area contributed by atoms with Crippen molar-refractivity contribution in [3.63, 3.8) is 0 Å². The van der Waals surface area contributed by atoms with Crippen LogP contribution in [-0.4, -0.2) is 46.1 Å². The van der Waals surface area contributed by atoms with Gasteiger partial charge in [-0.3, -0.25) is 9.59 Å². The lowest BCUT2D eigenvalue weighted by atomic mass is 9.93. The smallest absolute Gasteiger partial charge is 0.344 e. The van der Waals surface area contributed by atoms with Crippen LogP contribution >= 0.6 is 11.6 Å². The molecule has 0 saturated carbocycles. The average Bonchev–Trinajstić information content (AvgIpc) is 3.16. The van der Waals surface area contributed by atoms with E-state index in [1.165, 1.54) is 12.3 Å². The molecule has 0 fully saturated rings. The van der Waals surface area contributed by atoms with Crippen LogP contribution in [0.3, 0.4) is 0 Å². The fourth-order valence-corrected chi connectivity index (χ4v) is 4.31. The van der Waals surface area contributed by atoms with Crippen molar-refractivity contribution in [2.24, 2.45) is 0 Å². The highest BCUT2D eigenvalue weighted by molar-refractivity contribution is 6.34. The third kappa shape index (κ3) is 7.51. The molecule has 4 rings (SSSR count). The minimum Gasteiger partial charge on any atom is -0.480 e. The zero-order valence-electron chi connectivity index (χ0n) is 22.0. The predicted molar refractivity (Wildman–Crippen MR) is 142 cm³/mol. The summed E-state index contributed by atoms with van der Waals surface area (Å²) in [5.74, 6) is -1.43. The van der Waals surface area contributed by atoms with Crippen LogP contribution in [0.25, 0.3) is 0 Å². The number of aliphatic hydroxyl groups excluding tert-OH is 1. The van der Waals surface area contributed by atoms with Gasteiger partial charge < -0.3 is 20.3 Å². The van der Waals surface area contributed by atoms with E-state index in [0.29, 0.717) is 47.8 Å². The molecular weight excluding hydrogens is 531 g/mol. The lowest BCUT2D eigenvalue weighted by Crippen LogP contribution is -2.32. The maximum absolute atomic E-state index is 14.5. The van der Waals surface area contributed by atoms with Crippen LogP contribution in [0, 0.1) is 12.7 Å². The van der Waals surface area contributed by atoms with E-state index < -0.39 is 30.2 Å². The highest BCUT2D eigenvalue weighted by atomic mass is 35.5. The van der Waals surface area contributed by atoms with E-state index in [9.17, 15) is 18.8 Å². The Morgan fingerprint density at radius 3 is 2.44 bits per heavy atom. The van der Waals surface area contributed by atoms with Crippen LogP contribution in [0.15, 0.2) is 29.5 Å². The van der Waals surface area contributed by atoms with Gasteiger partial charge in [-0.1, -0.05) is 31.4 Å². The third-order valence-electron chi connectivity index (χ3n) is 6.18. The molecule has 0 atom stereocenters. The Morgan fingerprint density at radius 1 is 1.18 bits per heavy atom. The highest BCUT2D eigenvalue weighted by Crippen LogP contribution is 2.39. The first-order valence-electron chi connectivity index (χ1n) is 12.7. The number of benzene rings is 1. The van der Waals surface area contributed by atoms with Gasteiger partial charge in [0.25, 0.3) is 11.8 Å². The van der Waals surface area contributed by atoms with Crippen molar-refractivity contribution in [1.82, 2.24) is 9.97 Å². The van der Waals surface area contributed by atoms with Gasteiger partial charge in [0.2, 0.25) is 0 Å². The number of nitrogens with two attached hydrogens (primary N) is 1. The van der Waals surface area contributed by atoms with Crippen LogP contribution in [0.2, 0.25) is 5.02 Å². The number of esters is 1. The predicted octanol–water partition coefficient (Wildman–Crippen LogP) is 4.19. The number of amides is 2.